The van der Waals surface area contributed by atoms with Gasteiger partial charge in [0.15, 0.2) is 0 Å². The van der Waals surface area contributed by atoms with Crippen LogP contribution >= 0.6 is 27.5 Å². The van der Waals surface area contributed by atoms with Gasteiger partial charge in [0.25, 0.3) is 0 Å². The second-order valence-electron chi connectivity index (χ2n) is 3.66. The van der Waals surface area contributed by atoms with Gasteiger partial charge in [0, 0.05) is 10.2 Å². The van der Waals surface area contributed by atoms with Crippen molar-refractivity contribution in [2.75, 3.05) is 5.32 Å². The fourth-order valence-corrected chi connectivity index (χ4v) is 2.05. The fraction of sp³-hybridized carbons (Fsp3) is 0.0909. The van der Waals surface area contributed by atoms with Crippen molar-refractivity contribution in [1.29, 1.82) is 0 Å². The second kappa shape index (κ2) is 5.50. The predicted molar refractivity (Wildman–Crippen MR) is 75.9 cm³/mol. The van der Waals surface area contributed by atoms with E-state index >= 15 is 0 Å². The molecule has 1 N–H and O–H groups in total. The Morgan fingerprint density at radius 2 is 2.16 bits per heavy atom. The normalized spacial score (nSPS) is 10.3. The number of aromatic nitrogens is 2. The maximum absolute atomic E-state index is 11.0. The topological polar surface area (TPSA) is 81.0 Å². The molecule has 0 aliphatic heterocycles. The Balaban J connectivity index is 2.47. The molecule has 8 heteroatoms. The third-order valence-corrected chi connectivity index (χ3v) is 3.62. The molecule has 19 heavy (non-hydrogen) atoms. The van der Waals surface area contributed by atoms with Gasteiger partial charge in [-0.25, -0.2) is 9.97 Å². The summed E-state index contributed by atoms with van der Waals surface area (Å²) in [4.78, 5) is 17.8. The Morgan fingerprint density at radius 3 is 2.84 bits per heavy atom. The summed E-state index contributed by atoms with van der Waals surface area (Å²) in [6.45, 7) is 1.88. The number of rotatable bonds is 3. The van der Waals surface area contributed by atoms with E-state index < -0.39 is 4.92 Å². The number of nitrogens with zero attached hydrogens (tertiary/aromatic N) is 3. The molecule has 0 saturated heterocycles. The van der Waals surface area contributed by atoms with Crippen LogP contribution in [0.15, 0.2) is 29.0 Å². The first-order valence-corrected chi connectivity index (χ1v) is 6.35. The van der Waals surface area contributed by atoms with Gasteiger partial charge in [-0.05, 0) is 24.6 Å². The lowest BCUT2D eigenvalue weighted by Crippen LogP contribution is -2.02. The molecular weight excluding hydrogens is 336 g/mol. The second-order valence-corrected chi connectivity index (χ2v) is 4.87. The zero-order valence-corrected chi connectivity index (χ0v) is 12.1. The standard InChI is InChI=1S/C11H8BrClN4O2/c1-6-7(12)3-2-4-8(6)16-11-9(17(18)19)10(13)14-5-15-11/h2-5H,1H3,(H,14,15,16). The molecule has 0 aliphatic carbocycles. The van der Waals surface area contributed by atoms with E-state index in [9.17, 15) is 10.1 Å². The van der Waals surface area contributed by atoms with E-state index in [4.69, 9.17) is 11.6 Å². The summed E-state index contributed by atoms with van der Waals surface area (Å²) in [5.74, 6) is 0.0613. The van der Waals surface area contributed by atoms with Gasteiger partial charge in [0.05, 0.1) is 4.92 Å². The molecule has 2 aromatic rings. The van der Waals surface area contributed by atoms with Crippen LogP contribution in [0.5, 0.6) is 0 Å². The maximum Gasteiger partial charge on any atom is 0.348 e. The summed E-state index contributed by atoms with van der Waals surface area (Å²) < 4.78 is 0.889. The maximum atomic E-state index is 11.0. The van der Waals surface area contributed by atoms with Crippen molar-refractivity contribution in [3.63, 3.8) is 0 Å². The summed E-state index contributed by atoms with van der Waals surface area (Å²) >= 11 is 9.11. The first kappa shape index (κ1) is 13.7. The van der Waals surface area contributed by atoms with Gasteiger partial charge in [-0.2, -0.15) is 0 Å². The number of hydrogen-bond acceptors (Lipinski definition) is 5. The Bertz CT molecular complexity index is 651. The van der Waals surface area contributed by atoms with Crippen molar-refractivity contribution in [3.8, 4) is 0 Å². The largest absolute Gasteiger partial charge is 0.348 e. The Labute approximate surface area is 122 Å². The van der Waals surface area contributed by atoms with Crippen molar-refractivity contribution in [2.24, 2.45) is 0 Å². The van der Waals surface area contributed by atoms with Gasteiger partial charge in [-0.3, -0.25) is 10.1 Å². The molecule has 0 spiro atoms. The van der Waals surface area contributed by atoms with Gasteiger partial charge < -0.3 is 5.32 Å². The number of benzene rings is 1. The van der Waals surface area contributed by atoms with Gasteiger partial charge in [0.2, 0.25) is 11.0 Å². The van der Waals surface area contributed by atoms with Crippen molar-refractivity contribution in [3.05, 3.63) is 49.8 Å². The molecule has 0 aliphatic rings. The number of halogens is 2. The molecule has 1 aromatic carbocycles. The van der Waals surface area contributed by atoms with Crippen LogP contribution in [0.4, 0.5) is 17.2 Å². The minimum atomic E-state index is -0.613. The number of nitrogens with one attached hydrogen (secondary N) is 1. The smallest absolute Gasteiger partial charge is 0.334 e. The summed E-state index contributed by atoms with van der Waals surface area (Å²) in [7, 11) is 0. The van der Waals surface area contributed by atoms with E-state index in [1.54, 1.807) is 6.07 Å². The molecular formula is C11H8BrClN4O2. The fourth-order valence-electron chi connectivity index (χ4n) is 1.48. The van der Waals surface area contributed by atoms with Crippen molar-refractivity contribution in [1.82, 2.24) is 9.97 Å². The third-order valence-electron chi connectivity index (χ3n) is 2.48. The van der Waals surface area contributed by atoms with Crippen LogP contribution in [-0.4, -0.2) is 14.9 Å². The summed E-state index contributed by atoms with van der Waals surface area (Å²) in [5.41, 5.74) is 1.27. The zero-order valence-electron chi connectivity index (χ0n) is 9.72. The molecule has 2 rings (SSSR count). The van der Waals surface area contributed by atoms with Gasteiger partial charge in [-0.15, -0.1) is 0 Å². The molecule has 0 saturated carbocycles. The molecule has 6 nitrogen and oxygen atoms in total. The molecule has 0 unspecified atom stereocenters. The molecule has 0 bridgehead atoms. The third kappa shape index (κ3) is 2.82. The Hall–Kier alpha value is -1.73. The SMILES string of the molecule is Cc1c(Br)cccc1Nc1ncnc(Cl)c1[N+](=O)[O-]. The van der Waals surface area contributed by atoms with Gasteiger partial charge >= 0.3 is 5.69 Å². The van der Waals surface area contributed by atoms with E-state index in [0.717, 1.165) is 10.0 Å². The quantitative estimate of drug-likeness (QED) is 0.520. The Kier molecular flexibility index (Phi) is 3.96. The molecule has 0 atom stereocenters. The first-order chi connectivity index (χ1) is 9.00. The van der Waals surface area contributed by atoms with E-state index in [-0.39, 0.29) is 16.7 Å². The number of nitro groups is 1. The average molecular weight is 344 g/mol. The molecule has 1 heterocycles. The summed E-state index contributed by atoms with van der Waals surface area (Å²) in [6.07, 6.45) is 1.17. The van der Waals surface area contributed by atoms with Gasteiger partial charge in [0.1, 0.15) is 6.33 Å². The highest BCUT2D eigenvalue weighted by Gasteiger charge is 2.22. The molecule has 98 valence electrons. The highest BCUT2D eigenvalue weighted by Crippen LogP contribution is 2.32. The molecule has 0 radical (unpaired) electrons. The molecule has 1 aromatic heterocycles. The average Bonchev–Trinajstić information content (AvgIpc) is 2.34. The van der Waals surface area contributed by atoms with Crippen molar-refractivity contribution >= 4 is 44.7 Å². The number of hydrogen-bond donors (Lipinski definition) is 1. The number of anilines is 2. The lowest BCUT2D eigenvalue weighted by molar-refractivity contribution is -0.384. The predicted octanol–water partition coefficient (Wildman–Crippen LogP) is 3.85. The van der Waals surface area contributed by atoms with Crippen LogP contribution < -0.4 is 5.32 Å². The summed E-state index contributed by atoms with van der Waals surface area (Å²) in [6, 6.07) is 5.48. The molecule has 0 fully saturated rings. The summed E-state index contributed by atoms with van der Waals surface area (Å²) in [5, 5.41) is 13.7. The van der Waals surface area contributed by atoms with Gasteiger partial charge in [-0.1, -0.05) is 33.6 Å². The lowest BCUT2D eigenvalue weighted by atomic mass is 10.2. The minimum Gasteiger partial charge on any atom is -0.334 e. The van der Waals surface area contributed by atoms with Crippen LogP contribution in [0.3, 0.4) is 0 Å². The van der Waals surface area contributed by atoms with Crippen molar-refractivity contribution in [2.45, 2.75) is 6.92 Å². The van der Waals surface area contributed by atoms with Crippen molar-refractivity contribution < 1.29 is 4.92 Å². The Morgan fingerprint density at radius 1 is 1.42 bits per heavy atom. The highest BCUT2D eigenvalue weighted by molar-refractivity contribution is 9.10. The lowest BCUT2D eigenvalue weighted by Gasteiger charge is -2.10. The van der Waals surface area contributed by atoms with E-state index in [1.165, 1.54) is 6.33 Å². The molecule has 0 amide bonds. The zero-order chi connectivity index (χ0) is 14.0. The van der Waals surface area contributed by atoms with Crippen LogP contribution in [0, 0.1) is 17.0 Å². The monoisotopic (exact) mass is 342 g/mol. The highest BCUT2D eigenvalue weighted by atomic mass is 79.9. The van der Waals surface area contributed by atoms with E-state index in [0.29, 0.717) is 5.69 Å². The van der Waals surface area contributed by atoms with Crippen LogP contribution in [0.1, 0.15) is 5.56 Å². The van der Waals surface area contributed by atoms with Crippen LogP contribution in [0.25, 0.3) is 0 Å². The van der Waals surface area contributed by atoms with E-state index in [1.807, 2.05) is 19.1 Å². The van der Waals surface area contributed by atoms with Crippen LogP contribution in [-0.2, 0) is 0 Å². The van der Waals surface area contributed by atoms with Crippen LogP contribution in [0.2, 0.25) is 5.15 Å². The van der Waals surface area contributed by atoms with E-state index in [2.05, 4.69) is 31.2 Å². The first-order valence-electron chi connectivity index (χ1n) is 5.17. The minimum absolute atomic E-state index is 0.0613.